The number of benzene rings is 1. The Morgan fingerprint density at radius 2 is 1.86 bits per heavy atom. The zero-order valence-corrected chi connectivity index (χ0v) is 21.9. The summed E-state index contributed by atoms with van der Waals surface area (Å²) in [5.41, 5.74) is 2.06. The highest BCUT2D eigenvalue weighted by atomic mass is 16.6. The molecule has 0 radical (unpaired) electrons. The average Bonchev–Trinajstić information content (AvgIpc) is 2.83. The molecule has 0 amide bonds. The molecule has 0 unspecified atom stereocenters. The lowest BCUT2D eigenvalue weighted by molar-refractivity contribution is -0.163. The van der Waals surface area contributed by atoms with E-state index < -0.39 is 11.5 Å². The van der Waals surface area contributed by atoms with Gasteiger partial charge in [-0.3, -0.25) is 9.59 Å². The van der Waals surface area contributed by atoms with Gasteiger partial charge in [0.1, 0.15) is 12.2 Å². The van der Waals surface area contributed by atoms with Gasteiger partial charge in [-0.15, -0.1) is 0 Å². The molecule has 1 aliphatic heterocycles. The second-order valence-corrected chi connectivity index (χ2v) is 11.5. The highest BCUT2D eigenvalue weighted by molar-refractivity contribution is 5.82. The number of rotatable bonds is 7. The number of ether oxygens (including phenoxy) is 2. The number of aliphatic hydroxyl groups is 2. The number of hydrogen-bond acceptors (Lipinski definition) is 6. The summed E-state index contributed by atoms with van der Waals surface area (Å²) in [4.78, 5) is 25.4. The van der Waals surface area contributed by atoms with Gasteiger partial charge in [-0.2, -0.15) is 0 Å². The van der Waals surface area contributed by atoms with E-state index in [1.165, 1.54) is 5.57 Å². The Morgan fingerprint density at radius 3 is 2.53 bits per heavy atom. The van der Waals surface area contributed by atoms with Gasteiger partial charge in [0.2, 0.25) is 0 Å². The molecule has 1 aromatic carbocycles. The van der Waals surface area contributed by atoms with Crippen LogP contribution in [0.2, 0.25) is 0 Å². The molecule has 1 heterocycles. The van der Waals surface area contributed by atoms with Crippen LogP contribution in [-0.4, -0.2) is 40.5 Å². The van der Waals surface area contributed by atoms with Crippen molar-refractivity contribution in [2.24, 2.45) is 23.7 Å². The standard InChI is InChI=1S/C30H40O6/c1-18-13-21-8-5-19(2)25(12-11-24-15-23(32)16-27(33)35-24)28(21)26(14-18)36-29(34)30(3,4)22-9-6-20(17-31)7-10-22/h5-10,13,18-19,23-26,28,31-32H,11-12,14-17H2,1-4H3/t18-,19-,23+,24+,25-,26-,28-/m0/s1. The number of hydrogen-bond donors (Lipinski definition) is 2. The first-order chi connectivity index (χ1) is 17.1. The fourth-order valence-corrected chi connectivity index (χ4v) is 6.07. The summed E-state index contributed by atoms with van der Waals surface area (Å²) >= 11 is 0. The van der Waals surface area contributed by atoms with Crippen LogP contribution in [0.3, 0.4) is 0 Å². The van der Waals surface area contributed by atoms with Crippen LogP contribution >= 0.6 is 0 Å². The van der Waals surface area contributed by atoms with E-state index in [1.54, 1.807) is 0 Å². The van der Waals surface area contributed by atoms with Gasteiger partial charge in [-0.25, -0.2) is 0 Å². The highest BCUT2D eigenvalue weighted by Crippen LogP contribution is 2.45. The SMILES string of the molecule is C[C@H]1C=C2C=C[C@H](C)[C@H](CC[C@@H]3C[C@@H](O)CC(=O)O3)[C@H]2[C@@H](OC(=O)C(C)(C)c2ccc(CO)cc2)C1. The number of carbonyl (C=O) groups excluding carboxylic acids is 2. The van der Waals surface area contributed by atoms with Gasteiger partial charge in [0.15, 0.2) is 0 Å². The lowest BCUT2D eigenvalue weighted by atomic mass is 9.65. The van der Waals surface area contributed by atoms with Crippen LogP contribution in [0.4, 0.5) is 0 Å². The Labute approximate surface area is 214 Å². The number of esters is 2. The molecule has 3 aliphatic rings. The van der Waals surface area contributed by atoms with Gasteiger partial charge >= 0.3 is 11.9 Å². The molecule has 0 saturated carbocycles. The monoisotopic (exact) mass is 496 g/mol. The molecule has 7 atom stereocenters. The number of cyclic esters (lactones) is 1. The highest BCUT2D eigenvalue weighted by Gasteiger charge is 2.44. The van der Waals surface area contributed by atoms with Crippen LogP contribution < -0.4 is 0 Å². The summed E-state index contributed by atoms with van der Waals surface area (Å²) in [6.07, 6.45) is 8.42. The largest absolute Gasteiger partial charge is 0.462 e. The molecule has 0 spiro atoms. The third-order valence-corrected chi connectivity index (χ3v) is 8.28. The van der Waals surface area contributed by atoms with E-state index in [0.29, 0.717) is 24.7 Å². The molecular weight excluding hydrogens is 456 g/mol. The molecule has 6 nitrogen and oxygen atoms in total. The zero-order chi connectivity index (χ0) is 26.0. The van der Waals surface area contributed by atoms with Crippen molar-refractivity contribution < 1.29 is 29.3 Å². The number of allylic oxidation sites excluding steroid dienone is 3. The third kappa shape index (κ3) is 5.76. The van der Waals surface area contributed by atoms with Gasteiger partial charge in [-0.1, -0.05) is 56.3 Å². The van der Waals surface area contributed by atoms with Gasteiger partial charge in [0, 0.05) is 12.3 Å². The molecule has 1 saturated heterocycles. The average molecular weight is 497 g/mol. The quantitative estimate of drug-likeness (QED) is 0.535. The summed E-state index contributed by atoms with van der Waals surface area (Å²) < 4.78 is 11.8. The summed E-state index contributed by atoms with van der Waals surface area (Å²) in [5.74, 6) is 0.351. The van der Waals surface area contributed by atoms with Crippen molar-refractivity contribution >= 4 is 11.9 Å². The summed E-state index contributed by atoms with van der Waals surface area (Å²) in [6, 6.07) is 7.45. The molecule has 36 heavy (non-hydrogen) atoms. The van der Waals surface area contributed by atoms with E-state index in [-0.39, 0.29) is 49.0 Å². The Bertz CT molecular complexity index is 1010. The fourth-order valence-electron chi connectivity index (χ4n) is 6.07. The van der Waals surface area contributed by atoms with Gasteiger partial charge < -0.3 is 19.7 Å². The van der Waals surface area contributed by atoms with Crippen LogP contribution in [0.15, 0.2) is 48.1 Å². The smallest absolute Gasteiger partial charge is 0.316 e. The predicted molar refractivity (Wildman–Crippen MR) is 137 cm³/mol. The molecule has 1 aromatic rings. The Morgan fingerprint density at radius 1 is 1.14 bits per heavy atom. The maximum Gasteiger partial charge on any atom is 0.316 e. The number of aliphatic hydroxyl groups excluding tert-OH is 2. The summed E-state index contributed by atoms with van der Waals surface area (Å²) in [5, 5.41) is 19.4. The third-order valence-electron chi connectivity index (χ3n) is 8.28. The van der Waals surface area contributed by atoms with E-state index in [9.17, 15) is 19.8 Å². The van der Waals surface area contributed by atoms with Gasteiger partial charge in [0.05, 0.1) is 24.5 Å². The second kappa shape index (κ2) is 10.9. The zero-order valence-electron chi connectivity index (χ0n) is 21.9. The first kappa shape index (κ1) is 26.6. The molecular formula is C30H40O6. The van der Waals surface area contributed by atoms with E-state index >= 15 is 0 Å². The molecule has 1 fully saturated rings. The number of fused-ring (bicyclic) bond motifs is 1. The topological polar surface area (TPSA) is 93.1 Å². The van der Waals surface area contributed by atoms with Crippen molar-refractivity contribution in [3.63, 3.8) is 0 Å². The molecule has 2 aliphatic carbocycles. The van der Waals surface area contributed by atoms with Crippen LogP contribution in [0, 0.1) is 23.7 Å². The molecule has 0 aromatic heterocycles. The number of carbonyl (C=O) groups is 2. The summed E-state index contributed by atoms with van der Waals surface area (Å²) in [6.45, 7) is 8.09. The fraction of sp³-hybridized carbons (Fsp3) is 0.600. The van der Waals surface area contributed by atoms with E-state index in [2.05, 4.69) is 32.1 Å². The molecule has 2 N–H and O–H groups in total. The maximum absolute atomic E-state index is 13.5. The van der Waals surface area contributed by atoms with E-state index in [1.807, 2.05) is 38.1 Å². The first-order valence-electron chi connectivity index (χ1n) is 13.3. The Hall–Kier alpha value is -2.44. The maximum atomic E-state index is 13.5. The summed E-state index contributed by atoms with van der Waals surface area (Å²) in [7, 11) is 0. The van der Waals surface area contributed by atoms with E-state index in [4.69, 9.17) is 9.47 Å². The van der Waals surface area contributed by atoms with Crippen molar-refractivity contribution in [2.75, 3.05) is 0 Å². The minimum absolute atomic E-state index is 0.0337. The minimum atomic E-state index is -0.823. The normalized spacial score (nSPS) is 32.3. The van der Waals surface area contributed by atoms with Crippen molar-refractivity contribution in [2.45, 2.75) is 90.1 Å². The van der Waals surface area contributed by atoms with Gasteiger partial charge in [-0.05, 0) is 67.6 Å². The Kier molecular flexibility index (Phi) is 8.06. The molecule has 6 heteroatoms. The second-order valence-electron chi connectivity index (χ2n) is 11.5. The minimum Gasteiger partial charge on any atom is -0.462 e. The molecule has 4 rings (SSSR count). The van der Waals surface area contributed by atoms with Crippen LogP contribution in [-0.2, 0) is 31.1 Å². The molecule has 0 bridgehead atoms. The van der Waals surface area contributed by atoms with Crippen molar-refractivity contribution in [1.82, 2.24) is 0 Å². The van der Waals surface area contributed by atoms with Crippen molar-refractivity contribution in [3.05, 3.63) is 59.2 Å². The van der Waals surface area contributed by atoms with Crippen LogP contribution in [0.1, 0.15) is 70.9 Å². The van der Waals surface area contributed by atoms with Crippen molar-refractivity contribution in [3.8, 4) is 0 Å². The van der Waals surface area contributed by atoms with Gasteiger partial charge in [0.25, 0.3) is 0 Å². The van der Waals surface area contributed by atoms with Crippen LogP contribution in [0.5, 0.6) is 0 Å². The van der Waals surface area contributed by atoms with Crippen molar-refractivity contribution in [1.29, 1.82) is 0 Å². The lowest BCUT2D eigenvalue weighted by Gasteiger charge is -2.44. The van der Waals surface area contributed by atoms with Crippen LogP contribution in [0.25, 0.3) is 0 Å². The van der Waals surface area contributed by atoms with E-state index in [0.717, 1.165) is 24.0 Å². The predicted octanol–water partition coefficient (Wildman–Crippen LogP) is 4.62. The lowest BCUT2D eigenvalue weighted by Crippen LogP contribution is -2.44. The Balaban J connectivity index is 1.51. The first-order valence-corrected chi connectivity index (χ1v) is 13.3. The molecule has 196 valence electrons.